The Hall–Kier alpha value is -1.88. The van der Waals surface area contributed by atoms with E-state index in [2.05, 4.69) is 5.32 Å². The molecule has 2 fully saturated rings. The summed E-state index contributed by atoms with van der Waals surface area (Å²) in [7, 11) is 1.71. The number of carbonyl (C=O) groups excluding carboxylic acids is 2. The smallest absolute Gasteiger partial charge is 0.243 e. The molecule has 2 aliphatic rings. The fraction of sp³-hybridized carbons (Fsp3) is 0.500. The van der Waals surface area contributed by atoms with Gasteiger partial charge in [-0.05, 0) is 18.4 Å². The standard InChI is InChI=1S/C16H20N2O3/c1-18-13(8-5-9-14(18)19)15(20)17-16(10-21-11-16)12-6-3-2-4-7-12/h2-4,6-7,13H,5,8-11H2,1H3,(H,17,20). The zero-order valence-electron chi connectivity index (χ0n) is 12.2. The van der Waals surface area contributed by atoms with Crippen molar-refractivity contribution < 1.29 is 14.3 Å². The fourth-order valence-electron chi connectivity index (χ4n) is 2.99. The van der Waals surface area contributed by atoms with E-state index in [0.29, 0.717) is 19.6 Å². The lowest BCUT2D eigenvalue weighted by Gasteiger charge is -2.44. The van der Waals surface area contributed by atoms with Gasteiger partial charge in [-0.2, -0.15) is 0 Å². The molecule has 1 atom stereocenters. The summed E-state index contributed by atoms with van der Waals surface area (Å²) < 4.78 is 5.33. The van der Waals surface area contributed by atoms with E-state index in [1.165, 1.54) is 0 Å². The van der Waals surface area contributed by atoms with Gasteiger partial charge in [0.1, 0.15) is 11.6 Å². The van der Waals surface area contributed by atoms with Crippen molar-refractivity contribution in [3.05, 3.63) is 35.9 Å². The van der Waals surface area contributed by atoms with Crippen molar-refractivity contribution in [3.63, 3.8) is 0 Å². The van der Waals surface area contributed by atoms with Crippen molar-refractivity contribution in [2.75, 3.05) is 20.3 Å². The third kappa shape index (κ3) is 2.53. The van der Waals surface area contributed by atoms with Gasteiger partial charge in [-0.25, -0.2) is 0 Å². The molecule has 5 heteroatoms. The number of likely N-dealkylation sites (tertiary alicyclic amines) is 1. The van der Waals surface area contributed by atoms with Crippen LogP contribution in [0.2, 0.25) is 0 Å². The third-order valence-corrected chi connectivity index (χ3v) is 4.42. The number of carbonyl (C=O) groups is 2. The van der Waals surface area contributed by atoms with Crippen LogP contribution in [0.25, 0.3) is 0 Å². The van der Waals surface area contributed by atoms with E-state index in [4.69, 9.17) is 4.74 Å². The first-order valence-electron chi connectivity index (χ1n) is 7.33. The molecule has 0 saturated carbocycles. The molecule has 5 nitrogen and oxygen atoms in total. The predicted octanol–water partition coefficient (Wildman–Crippen LogP) is 1.04. The van der Waals surface area contributed by atoms with Gasteiger partial charge in [0.05, 0.1) is 13.2 Å². The highest BCUT2D eigenvalue weighted by atomic mass is 16.5. The topological polar surface area (TPSA) is 58.6 Å². The van der Waals surface area contributed by atoms with Crippen LogP contribution < -0.4 is 5.32 Å². The van der Waals surface area contributed by atoms with Crippen molar-refractivity contribution >= 4 is 11.8 Å². The number of piperidine rings is 1. The van der Waals surface area contributed by atoms with Gasteiger partial charge in [-0.3, -0.25) is 9.59 Å². The Morgan fingerprint density at radius 3 is 2.67 bits per heavy atom. The van der Waals surface area contributed by atoms with Gasteiger partial charge in [-0.1, -0.05) is 30.3 Å². The third-order valence-electron chi connectivity index (χ3n) is 4.42. The number of hydrogen-bond donors (Lipinski definition) is 1. The van der Waals surface area contributed by atoms with E-state index in [1.54, 1.807) is 11.9 Å². The maximum atomic E-state index is 12.6. The molecule has 2 aliphatic heterocycles. The Kier molecular flexibility index (Phi) is 3.68. The van der Waals surface area contributed by atoms with Crippen molar-refractivity contribution in [1.29, 1.82) is 0 Å². The molecular formula is C16H20N2O3. The normalized spacial score (nSPS) is 24.3. The second kappa shape index (κ2) is 5.48. The van der Waals surface area contributed by atoms with Gasteiger partial charge in [-0.15, -0.1) is 0 Å². The highest BCUT2D eigenvalue weighted by Gasteiger charge is 2.43. The molecule has 2 amide bonds. The summed E-state index contributed by atoms with van der Waals surface area (Å²) in [6, 6.07) is 9.49. The maximum absolute atomic E-state index is 12.6. The molecule has 1 N–H and O–H groups in total. The van der Waals surface area contributed by atoms with Crippen molar-refractivity contribution in [2.24, 2.45) is 0 Å². The minimum atomic E-state index is -0.445. The van der Waals surface area contributed by atoms with Crippen molar-refractivity contribution in [1.82, 2.24) is 10.2 Å². The first-order chi connectivity index (χ1) is 10.1. The Morgan fingerprint density at radius 2 is 2.05 bits per heavy atom. The van der Waals surface area contributed by atoms with Gasteiger partial charge in [0.2, 0.25) is 11.8 Å². The summed E-state index contributed by atoms with van der Waals surface area (Å²) in [5.74, 6) is -0.0438. The van der Waals surface area contributed by atoms with Gasteiger partial charge in [0.15, 0.2) is 0 Å². The number of nitrogens with one attached hydrogen (secondary N) is 1. The number of ether oxygens (including phenoxy) is 1. The molecule has 2 saturated heterocycles. The highest BCUT2D eigenvalue weighted by molar-refractivity contribution is 5.89. The monoisotopic (exact) mass is 288 g/mol. The summed E-state index contributed by atoms with van der Waals surface area (Å²) in [6.45, 7) is 0.959. The molecule has 112 valence electrons. The van der Waals surface area contributed by atoms with E-state index in [1.807, 2.05) is 30.3 Å². The second-order valence-electron chi connectivity index (χ2n) is 5.84. The number of likely N-dealkylation sites (N-methyl/N-ethyl adjacent to an activating group) is 1. The number of benzene rings is 1. The number of amides is 2. The Labute approximate surface area is 124 Å². The summed E-state index contributed by atoms with van der Waals surface area (Å²) in [4.78, 5) is 25.9. The summed E-state index contributed by atoms with van der Waals surface area (Å²) >= 11 is 0. The van der Waals surface area contributed by atoms with Crippen LogP contribution in [0.5, 0.6) is 0 Å². The van der Waals surface area contributed by atoms with E-state index in [-0.39, 0.29) is 17.9 Å². The molecule has 0 radical (unpaired) electrons. The highest BCUT2D eigenvalue weighted by Crippen LogP contribution is 2.30. The molecule has 2 heterocycles. The molecule has 0 aliphatic carbocycles. The minimum Gasteiger partial charge on any atom is -0.376 e. The Morgan fingerprint density at radius 1 is 1.33 bits per heavy atom. The molecule has 1 aromatic carbocycles. The predicted molar refractivity (Wildman–Crippen MR) is 77.5 cm³/mol. The van der Waals surface area contributed by atoms with E-state index in [0.717, 1.165) is 18.4 Å². The van der Waals surface area contributed by atoms with Crippen LogP contribution in [0.15, 0.2) is 30.3 Å². The lowest BCUT2D eigenvalue weighted by atomic mass is 9.87. The van der Waals surface area contributed by atoms with Gasteiger partial charge in [0.25, 0.3) is 0 Å². The molecule has 21 heavy (non-hydrogen) atoms. The molecule has 0 bridgehead atoms. The van der Waals surface area contributed by atoms with Crippen molar-refractivity contribution in [2.45, 2.75) is 30.8 Å². The van der Waals surface area contributed by atoms with Crippen LogP contribution in [-0.4, -0.2) is 43.0 Å². The first-order valence-corrected chi connectivity index (χ1v) is 7.33. The minimum absolute atomic E-state index is 0.0417. The molecular weight excluding hydrogens is 268 g/mol. The van der Waals surface area contributed by atoms with E-state index in [9.17, 15) is 9.59 Å². The van der Waals surface area contributed by atoms with Crippen molar-refractivity contribution in [3.8, 4) is 0 Å². The van der Waals surface area contributed by atoms with Crippen LogP contribution in [-0.2, 0) is 19.9 Å². The lowest BCUT2D eigenvalue weighted by Crippen LogP contribution is -2.63. The Balaban J connectivity index is 1.75. The van der Waals surface area contributed by atoms with E-state index < -0.39 is 5.54 Å². The van der Waals surface area contributed by atoms with Crippen LogP contribution in [0.1, 0.15) is 24.8 Å². The van der Waals surface area contributed by atoms with E-state index >= 15 is 0 Å². The molecule has 1 unspecified atom stereocenters. The SMILES string of the molecule is CN1C(=O)CCCC1C(=O)NC1(c2ccccc2)COC1. The second-order valence-corrected chi connectivity index (χ2v) is 5.84. The van der Waals surface area contributed by atoms with Crippen LogP contribution in [0, 0.1) is 0 Å². The summed E-state index contributed by atoms with van der Waals surface area (Å²) in [5, 5.41) is 3.11. The molecule has 0 spiro atoms. The summed E-state index contributed by atoms with van der Waals surface area (Å²) in [6.07, 6.45) is 2.03. The number of nitrogens with zero attached hydrogens (tertiary/aromatic N) is 1. The average molecular weight is 288 g/mol. The molecule has 1 aromatic rings. The van der Waals surface area contributed by atoms with Crippen LogP contribution in [0.3, 0.4) is 0 Å². The van der Waals surface area contributed by atoms with Gasteiger partial charge < -0.3 is 15.0 Å². The zero-order valence-corrected chi connectivity index (χ0v) is 12.2. The summed E-state index contributed by atoms with van der Waals surface area (Å²) in [5.41, 5.74) is 0.606. The number of hydrogen-bond acceptors (Lipinski definition) is 3. The lowest BCUT2D eigenvalue weighted by molar-refractivity contribution is -0.147. The largest absolute Gasteiger partial charge is 0.376 e. The quantitative estimate of drug-likeness (QED) is 0.904. The van der Waals surface area contributed by atoms with Gasteiger partial charge >= 0.3 is 0 Å². The van der Waals surface area contributed by atoms with Crippen LogP contribution >= 0.6 is 0 Å². The zero-order chi connectivity index (χ0) is 14.9. The Bertz CT molecular complexity index is 540. The fourth-order valence-corrected chi connectivity index (χ4v) is 2.99. The number of rotatable bonds is 3. The van der Waals surface area contributed by atoms with Gasteiger partial charge in [0, 0.05) is 13.5 Å². The maximum Gasteiger partial charge on any atom is 0.243 e. The van der Waals surface area contributed by atoms with Crippen LogP contribution in [0.4, 0.5) is 0 Å². The first kappa shape index (κ1) is 14.1. The average Bonchev–Trinajstić information content (AvgIpc) is 2.46. The molecule has 0 aromatic heterocycles. The molecule has 3 rings (SSSR count).